The van der Waals surface area contributed by atoms with Gasteiger partial charge < -0.3 is 0 Å². The normalized spacial score (nSPS) is 12.0. The van der Waals surface area contributed by atoms with Crippen molar-refractivity contribution < 1.29 is 13.2 Å². The Kier molecular flexibility index (Phi) is 3.31. The number of rotatable bonds is 1. The molecule has 4 rings (SSSR count). The molecule has 4 aromatic rings. The molecule has 0 saturated carbocycles. The molecule has 0 aliphatic heterocycles. The Morgan fingerprint density at radius 2 is 1.80 bits per heavy atom. The van der Waals surface area contributed by atoms with Crippen LogP contribution in [0.15, 0.2) is 65.7 Å². The molecule has 1 aromatic carbocycles. The maximum atomic E-state index is 13.0. The molecular formula is C18H10F3N3O. The summed E-state index contributed by atoms with van der Waals surface area (Å²) < 4.78 is 40.4. The van der Waals surface area contributed by atoms with Crippen molar-refractivity contribution in [3.8, 4) is 5.69 Å². The summed E-state index contributed by atoms with van der Waals surface area (Å²) >= 11 is 0. The third kappa shape index (κ3) is 2.53. The summed E-state index contributed by atoms with van der Waals surface area (Å²) in [5.41, 5.74) is 0.308. The van der Waals surface area contributed by atoms with Gasteiger partial charge in [-0.3, -0.25) is 19.3 Å². The minimum Gasteiger partial charge on any atom is -0.275 e. The smallest absolute Gasteiger partial charge is 0.275 e. The Labute approximate surface area is 139 Å². The third-order valence-electron chi connectivity index (χ3n) is 3.91. The van der Waals surface area contributed by atoms with E-state index in [9.17, 15) is 18.0 Å². The molecule has 0 N–H and O–H groups in total. The zero-order chi connectivity index (χ0) is 17.6. The van der Waals surface area contributed by atoms with Crippen molar-refractivity contribution >= 4 is 21.9 Å². The summed E-state index contributed by atoms with van der Waals surface area (Å²) in [6.45, 7) is 0. The molecule has 0 radical (unpaired) electrons. The number of nitrogens with zero attached hydrogens (tertiary/aromatic N) is 3. The van der Waals surface area contributed by atoms with Crippen LogP contribution < -0.4 is 5.56 Å². The highest BCUT2D eigenvalue weighted by molar-refractivity contribution is 6.01. The summed E-state index contributed by atoms with van der Waals surface area (Å²) in [7, 11) is 0. The van der Waals surface area contributed by atoms with E-state index in [0.29, 0.717) is 21.9 Å². The maximum absolute atomic E-state index is 13.0. The van der Waals surface area contributed by atoms with E-state index in [0.717, 1.165) is 12.1 Å². The molecule has 7 heteroatoms. The second kappa shape index (κ2) is 5.41. The summed E-state index contributed by atoms with van der Waals surface area (Å²) in [6.07, 6.45) is -1.37. The number of hydrogen-bond acceptors (Lipinski definition) is 3. The van der Waals surface area contributed by atoms with Crippen LogP contribution in [0.2, 0.25) is 0 Å². The van der Waals surface area contributed by atoms with Crippen molar-refractivity contribution in [3.63, 3.8) is 0 Å². The van der Waals surface area contributed by atoms with E-state index in [1.807, 2.05) is 0 Å². The largest absolute Gasteiger partial charge is 0.416 e. The summed E-state index contributed by atoms with van der Waals surface area (Å²) in [6, 6.07) is 11.0. The van der Waals surface area contributed by atoms with Gasteiger partial charge >= 0.3 is 6.18 Å². The molecule has 0 bridgehead atoms. The molecule has 0 spiro atoms. The van der Waals surface area contributed by atoms with E-state index >= 15 is 0 Å². The molecule has 3 aromatic heterocycles. The molecule has 124 valence electrons. The lowest BCUT2D eigenvalue weighted by Gasteiger charge is -2.13. The van der Waals surface area contributed by atoms with Crippen LogP contribution in [0.5, 0.6) is 0 Å². The van der Waals surface area contributed by atoms with Crippen LogP contribution in [0.4, 0.5) is 13.2 Å². The highest BCUT2D eigenvalue weighted by atomic mass is 19.4. The molecule has 0 amide bonds. The van der Waals surface area contributed by atoms with Crippen LogP contribution in [-0.4, -0.2) is 14.5 Å². The Bertz CT molecular complexity index is 1170. The first-order valence-corrected chi connectivity index (χ1v) is 7.38. The Hall–Kier alpha value is -3.22. The Morgan fingerprint density at radius 3 is 2.60 bits per heavy atom. The van der Waals surface area contributed by atoms with Crippen LogP contribution in [0.1, 0.15) is 5.56 Å². The molecule has 3 heterocycles. The standard InChI is InChI=1S/C18H10F3N3O/c19-18(20,21)12-3-1-4-13(9-12)24-15(25)7-6-11-10-23-14-5-2-8-22-16(14)17(11)24/h1-10H. The highest BCUT2D eigenvalue weighted by Gasteiger charge is 2.30. The molecular weight excluding hydrogens is 331 g/mol. The van der Waals surface area contributed by atoms with Gasteiger partial charge in [0.05, 0.1) is 16.6 Å². The van der Waals surface area contributed by atoms with Gasteiger partial charge in [-0.15, -0.1) is 0 Å². The Morgan fingerprint density at radius 1 is 0.960 bits per heavy atom. The van der Waals surface area contributed by atoms with E-state index in [2.05, 4.69) is 9.97 Å². The highest BCUT2D eigenvalue weighted by Crippen LogP contribution is 2.31. The average molecular weight is 341 g/mol. The molecule has 0 saturated heterocycles. The van der Waals surface area contributed by atoms with Crippen LogP contribution in [0, 0.1) is 0 Å². The van der Waals surface area contributed by atoms with E-state index in [4.69, 9.17) is 0 Å². The van der Waals surface area contributed by atoms with Crippen molar-refractivity contribution in [1.29, 1.82) is 0 Å². The number of benzene rings is 1. The number of fused-ring (bicyclic) bond motifs is 3. The molecule has 0 atom stereocenters. The predicted octanol–water partition coefficient (Wildman–Crippen LogP) is 3.95. The molecule has 0 aliphatic carbocycles. The fourth-order valence-electron chi connectivity index (χ4n) is 2.80. The number of halogens is 3. The predicted molar refractivity (Wildman–Crippen MR) is 87.6 cm³/mol. The lowest BCUT2D eigenvalue weighted by atomic mass is 10.1. The molecule has 0 unspecified atom stereocenters. The number of aromatic nitrogens is 3. The van der Waals surface area contributed by atoms with Crippen LogP contribution >= 0.6 is 0 Å². The van der Waals surface area contributed by atoms with Crippen molar-refractivity contribution in [2.45, 2.75) is 6.18 Å². The molecule has 0 aliphatic rings. The van der Waals surface area contributed by atoms with Crippen LogP contribution in [0.25, 0.3) is 27.6 Å². The van der Waals surface area contributed by atoms with E-state index in [-0.39, 0.29) is 5.69 Å². The number of alkyl halides is 3. The van der Waals surface area contributed by atoms with Gasteiger partial charge in [0.25, 0.3) is 5.56 Å². The zero-order valence-electron chi connectivity index (χ0n) is 12.7. The van der Waals surface area contributed by atoms with Crippen LogP contribution in [-0.2, 0) is 6.18 Å². The fourth-order valence-corrected chi connectivity index (χ4v) is 2.80. The van der Waals surface area contributed by atoms with Gasteiger partial charge in [0, 0.05) is 29.5 Å². The topological polar surface area (TPSA) is 47.8 Å². The van der Waals surface area contributed by atoms with Gasteiger partial charge in [-0.05, 0) is 36.4 Å². The minimum absolute atomic E-state index is 0.128. The maximum Gasteiger partial charge on any atom is 0.416 e. The van der Waals surface area contributed by atoms with E-state index in [1.165, 1.54) is 22.8 Å². The molecule has 25 heavy (non-hydrogen) atoms. The minimum atomic E-state index is -4.49. The van der Waals surface area contributed by atoms with Crippen molar-refractivity contribution in [3.05, 3.63) is 76.8 Å². The number of hydrogen-bond donors (Lipinski definition) is 0. The lowest BCUT2D eigenvalue weighted by molar-refractivity contribution is -0.137. The summed E-state index contributed by atoms with van der Waals surface area (Å²) in [5.74, 6) is 0. The van der Waals surface area contributed by atoms with Gasteiger partial charge in [0.1, 0.15) is 5.52 Å². The first kappa shape index (κ1) is 15.3. The van der Waals surface area contributed by atoms with Gasteiger partial charge in [0.2, 0.25) is 0 Å². The first-order chi connectivity index (χ1) is 11.9. The Balaban J connectivity index is 2.13. The van der Waals surface area contributed by atoms with Crippen molar-refractivity contribution in [2.75, 3.05) is 0 Å². The van der Waals surface area contributed by atoms with E-state index in [1.54, 1.807) is 30.6 Å². The van der Waals surface area contributed by atoms with E-state index < -0.39 is 17.3 Å². The SMILES string of the molecule is O=c1ccc2cnc3cccnc3c2n1-c1cccc(C(F)(F)F)c1. The summed E-state index contributed by atoms with van der Waals surface area (Å²) in [4.78, 5) is 21.0. The zero-order valence-corrected chi connectivity index (χ0v) is 12.7. The fraction of sp³-hybridized carbons (Fsp3) is 0.0556. The molecule has 0 fully saturated rings. The number of pyridine rings is 3. The summed E-state index contributed by atoms with van der Waals surface area (Å²) in [5, 5.41) is 0.614. The van der Waals surface area contributed by atoms with Gasteiger partial charge in [0.15, 0.2) is 0 Å². The van der Waals surface area contributed by atoms with Gasteiger partial charge in [-0.1, -0.05) is 6.07 Å². The molecule has 4 nitrogen and oxygen atoms in total. The lowest BCUT2D eigenvalue weighted by Crippen LogP contribution is -2.18. The third-order valence-corrected chi connectivity index (χ3v) is 3.91. The van der Waals surface area contributed by atoms with Gasteiger partial charge in [-0.2, -0.15) is 13.2 Å². The quantitative estimate of drug-likeness (QED) is 0.493. The second-order valence-electron chi connectivity index (χ2n) is 5.49. The van der Waals surface area contributed by atoms with Crippen molar-refractivity contribution in [2.24, 2.45) is 0 Å². The van der Waals surface area contributed by atoms with Crippen LogP contribution in [0.3, 0.4) is 0 Å². The second-order valence-corrected chi connectivity index (χ2v) is 5.49. The first-order valence-electron chi connectivity index (χ1n) is 7.38. The van der Waals surface area contributed by atoms with Crippen molar-refractivity contribution in [1.82, 2.24) is 14.5 Å². The average Bonchev–Trinajstić information content (AvgIpc) is 2.61. The monoisotopic (exact) mass is 341 g/mol. The van der Waals surface area contributed by atoms with Gasteiger partial charge in [-0.25, -0.2) is 0 Å².